The van der Waals surface area contributed by atoms with Crippen LogP contribution < -0.4 is 0 Å². The SMILES string of the molecule is CC.CC1CCN(C(=O)CO)C1. The highest BCUT2D eigenvalue weighted by Gasteiger charge is 2.21. The average molecular weight is 173 g/mol. The number of likely N-dealkylation sites (tertiary alicyclic amines) is 1. The van der Waals surface area contributed by atoms with Crippen LogP contribution >= 0.6 is 0 Å². The molecular formula is C9H19NO2. The molecule has 1 fully saturated rings. The summed E-state index contributed by atoms with van der Waals surface area (Å²) in [5, 5.41) is 8.49. The van der Waals surface area contributed by atoms with E-state index in [0.717, 1.165) is 19.5 Å². The molecule has 12 heavy (non-hydrogen) atoms. The standard InChI is InChI=1S/C7H13NO2.C2H6/c1-6-2-3-8(4-6)7(10)5-9;1-2/h6,9H,2-5H2,1H3;1-2H3. The Labute approximate surface area is 74.4 Å². The number of hydrogen-bond acceptors (Lipinski definition) is 2. The number of nitrogens with zero attached hydrogens (tertiary/aromatic N) is 1. The number of rotatable bonds is 1. The van der Waals surface area contributed by atoms with Crippen LogP contribution in [-0.4, -0.2) is 35.6 Å². The fourth-order valence-electron chi connectivity index (χ4n) is 1.26. The number of carbonyl (C=O) groups is 1. The minimum absolute atomic E-state index is 0.135. The van der Waals surface area contributed by atoms with E-state index >= 15 is 0 Å². The highest BCUT2D eigenvalue weighted by Crippen LogP contribution is 2.14. The number of hydrogen-bond donors (Lipinski definition) is 1. The van der Waals surface area contributed by atoms with Gasteiger partial charge < -0.3 is 10.0 Å². The van der Waals surface area contributed by atoms with Crippen LogP contribution in [0.3, 0.4) is 0 Å². The summed E-state index contributed by atoms with van der Waals surface area (Å²) in [6.45, 7) is 7.41. The van der Waals surface area contributed by atoms with Crippen molar-refractivity contribution in [3.05, 3.63) is 0 Å². The quantitative estimate of drug-likeness (QED) is 0.639. The topological polar surface area (TPSA) is 40.5 Å². The Bertz CT molecular complexity index is 136. The summed E-state index contributed by atoms with van der Waals surface area (Å²) in [5.41, 5.74) is 0. The summed E-state index contributed by atoms with van der Waals surface area (Å²) in [7, 11) is 0. The van der Waals surface area contributed by atoms with Gasteiger partial charge in [0.15, 0.2) is 0 Å². The lowest BCUT2D eigenvalue weighted by Crippen LogP contribution is -2.30. The van der Waals surface area contributed by atoms with E-state index in [4.69, 9.17) is 5.11 Å². The van der Waals surface area contributed by atoms with E-state index in [-0.39, 0.29) is 12.5 Å². The summed E-state index contributed by atoms with van der Waals surface area (Å²) >= 11 is 0. The molecule has 0 aromatic carbocycles. The number of aliphatic hydroxyl groups is 1. The number of aliphatic hydroxyl groups excluding tert-OH is 1. The minimum atomic E-state index is -0.341. The van der Waals surface area contributed by atoms with E-state index < -0.39 is 0 Å². The smallest absolute Gasteiger partial charge is 0.248 e. The van der Waals surface area contributed by atoms with E-state index in [0.29, 0.717) is 5.92 Å². The predicted molar refractivity (Wildman–Crippen MR) is 48.8 cm³/mol. The molecule has 1 saturated heterocycles. The van der Waals surface area contributed by atoms with Gasteiger partial charge in [0.25, 0.3) is 0 Å². The highest BCUT2D eigenvalue weighted by atomic mass is 16.3. The van der Waals surface area contributed by atoms with Gasteiger partial charge in [-0.3, -0.25) is 4.79 Å². The summed E-state index contributed by atoms with van der Waals surface area (Å²) in [6.07, 6.45) is 1.08. The summed E-state index contributed by atoms with van der Waals surface area (Å²) in [6, 6.07) is 0. The third-order valence-electron chi connectivity index (χ3n) is 1.91. The molecule has 0 bridgehead atoms. The van der Waals surface area contributed by atoms with Crippen molar-refractivity contribution in [2.24, 2.45) is 5.92 Å². The average Bonchev–Trinajstić information content (AvgIpc) is 2.54. The van der Waals surface area contributed by atoms with Crippen LogP contribution in [0.1, 0.15) is 27.2 Å². The maximum absolute atomic E-state index is 10.8. The molecule has 1 atom stereocenters. The Kier molecular flexibility index (Phi) is 5.72. The molecule has 1 aliphatic rings. The zero-order valence-electron chi connectivity index (χ0n) is 8.21. The molecule has 1 rings (SSSR count). The minimum Gasteiger partial charge on any atom is -0.387 e. The van der Waals surface area contributed by atoms with E-state index in [1.807, 2.05) is 13.8 Å². The van der Waals surface area contributed by atoms with Gasteiger partial charge in [-0.1, -0.05) is 20.8 Å². The summed E-state index contributed by atoms with van der Waals surface area (Å²) < 4.78 is 0. The van der Waals surface area contributed by atoms with Gasteiger partial charge in [-0.25, -0.2) is 0 Å². The monoisotopic (exact) mass is 173 g/mol. The van der Waals surface area contributed by atoms with Gasteiger partial charge in [0.1, 0.15) is 6.61 Å². The lowest BCUT2D eigenvalue weighted by Gasteiger charge is -2.13. The van der Waals surface area contributed by atoms with Gasteiger partial charge in [-0.15, -0.1) is 0 Å². The Hall–Kier alpha value is -0.570. The first kappa shape index (κ1) is 11.4. The Balaban J connectivity index is 0.000000561. The van der Waals surface area contributed by atoms with E-state index in [2.05, 4.69) is 6.92 Å². The second-order valence-electron chi connectivity index (χ2n) is 2.89. The van der Waals surface area contributed by atoms with Gasteiger partial charge >= 0.3 is 0 Å². The highest BCUT2D eigenvalue weighted by molar-refractivity contribution is 5.77. The zero-order chi connectivity index (χ0) is 9.56. The molecule has 3 nitrogen and oxygen atoms in total. The molecule has 0 aromatic rings. The van der Waals surface area contributed by atoms with Crippen molar-refractivity contribution < 1.29 is 9.90 Å². The maximum atomic E-state index is 10.8. The van der Waals surface area contributed by atoms with E-state index in [1.54, 1.807) is 4.90 Å². The van der Waals surface area contributed by atoms with Crippen molar-refractivity contribution in [3.63, 3.8) is 0 Å². The van der Waals surface area contributed by atoms with Crippen LogP contribution in [0.4, 0.5) is 0 Å². The third-order valence-corrected chi connectivity index (χ3v) is 1.91. The van der Waals surface area contributed by atoms with Gasteiger partial charge in [-0.05, 0) is 12.3 Å². The van der Waals surface area contributed by atoms with E-state index in [1.165, 1.54) is 0 Å². The van der Waals surface area contributed by atoms with Crippen molar-refractivity contribution in [1.29, 1.82) is 0 Å². The molecule has 0 spiro atoms. The Morgan fingerprint density at radius 1 is 1.58 bits per heavy atom. The molecule has 0 aliphatic carbocycles. The summed E-state index contributed by atoms with van der Waals surface area (Å²) in [4.78, 5) is 12.5. The third kappa shape index (κ3) is 3.22. The molecule has 3 heteroatoms. The Morgan fingerprint density at radius 2 is 2.17 bits per heavy atom. The van der Waals surface area contributed by atoms with Crippen LogP contribution in [0, 0.1) is 5.92 Å². The second kappa shape index (κ2) is 6.00. The molecule has 1 N–H and O–H groups in total. The number of carbonyl (C=O) groups excluding carboxylic acids is 1. The van der Waals surface area contributed by atoms with Crippen molar-refractivity contribution in [2.45, 2.75) is 27.2 Å². The van der Waals surface area contributed by atoms with Crippen LogP contribution in [0.15, 0.2) is 0 Å². The lowest BCUT2D eigenvalue weighted by atomic mass is 10.2. The first-order valence-corrected chi connectivity index (χ1v) is 4.62. The first-order chi connectivity index (χ1) is 5.74. The van der Waals surface area contributed by atoms with E-state index in [9.17, 15) is 4.79 Å². The fourth-order valence-corrected chi connectivity index (χ4v) is 1.26. The van der Waals surface area contributed by atoms with Crippen molar-refractivity contribution in [3.8, 4) is 0 Å². The zero-order valence-corrected chi connectivity index (χ0v) is 8.21. The van der Waals surface area contributed by atoms with Gasteiger partial charge in [0, 0.05) is 13.1 Å². The number of amides is 1. The molecule has 1 unspecified atom stereocenters. The van der Waals surface area contributed by atoms with Gasteiger partial charge in [-0.2, -0.15) is 0 Å². The molecule has 0 radical (unpaired) electrons. The van der Waals surface area contributed by atoms with Crippen LogP contribution in [0.5, 0.6) is 0 Å². The van der Waals surface area contributed by atoms with Crippen LogP contribution in [0.2, 0.25) is 0 Å². The second-order valence-corrected chi connectivity index (χ2v) is 2.89. The molecule has 1 amide bonds. The molecule has 0 aromatic heterocycles. The largest absolute Gasteiger partial charge is 0.387 e. The van der Waals surface area contributed by atoms with Crippen molar-refractivity contribution in [2.75, 3.05) is 19.7 Å². The normalized spacial score (nSPS) is 21.7. The summed E-state index contributed by atoms with van der Waals surface area (Å²) in [5.74, 6) is 0.472. The Morgan fingerprint density at radius 3 is 2.50 bits per heavy atom. The van der Waals surface area contributed by atoms with Gasteiger partial charge in [0.05, 0.1) is 0 Å². The van der Waals surface area contributed by atoms with Crippen LogP contribution in [-0.2, 0) is 4.79 Å². The van der Waals surface area contributed by atoms with Crippen molar-refractivity contribution in [1.82, 2.24) is 4.90 Å². The lowest BCUT2D eigenvalue weighted by molar-refractivity contribution is -0.133. The molecule has 0 saturated carbocycles. The van der Waals surface area contributed by atoms with Crippen LogP contribution in [0.25, 0.3) is 0 Å². The van der Waals surface area contributed by atoms with Crippen molar-refractivity contribution >= 4 is 5.91 Å². The molecular weight excluding hydrogens is 154 g/mol. The molecule has 72 valence electrons. The first-order valence-electron chi connectivity index (χ1n) is 4.62. The molecule has 1 heterocycles. The molecule has 1 aliphatic heterocycles. The van der Waals surface area contributed by atoms with Gasteiger partial charge in [0.2, 0.25) is 5.91 Å². The maximum Gasteiger partial charge on any atom is 0.248 e. The fraction of sp³-hybridized carbons (Fsp3) is 0.889. The predicted octanol–water partition coefficient (Wildman–Crippen LogP) is 0.873.